The van der Waals surface area contributed by atoms with Gasteiger partial charge in [0.05, 0.1) is 17.2 Å². The van der Waals surface area contributed by atoms with Crippen LogP contribution in [0.3, 0.4) is 0 Å². The molecule has 0 aromatic carbocycles. The van der Waals surface area contributed by atoms with Crippen LogP contribution in [0, 0.1) is 0 Å². The van der Waals surface area contributed by atoms with Crippen LogP contribution in [0.1, 0.15) is 36.6 Å². The van der Waals surface area contributed by atoms with Gasteiger partial charge in [-0.25, -0.2) is 13.5 Å². The minimum Gasteiger partial charge on any atom is -0.268 e. The van der Waals surface area contributed by atoms with Crippen molar-refractivity contribution in [1.82, 2.24) is 10.2 Å². The van der Waals surface area contributed by atoms with Crippen molar-refractivity contribution in [2.75, 3.05) is 5.75 Å². The standard InChI is InChI=1S/C10H14N2O3S/c1-6(2)9-8-5-16(14,15)4-3-7(8)10(13)12-11-9/h6H,3-5H2,1-2H3,(H,12,13). The normalized spacial score (nSPS) is 18.4. The maximum Gasteiger partial charge on any atom is 0.267 e. The first kappa shape index (κ1) is 11.3. The molecule has 0 saturated carbocycles. The SMILES string of the molecule is CC(C)c1n[nH]c(=O)c2c1CS(=O)(=O)CC2. The monoisotopic (exact) mass is 242 g/mol. The summed E-state index contributed by atoms with van der Waals surface area (Å²) >= 11 is 0. The number of hydrogen-bond acceptors (Lipinski definition) is 4. The molecule has 0 amide bonds. The first-order chi connectivity index (χ1) is 7.41. The molecule has 1 N–H and O–H groups in total. The van der Waals surface area contributed by atoms with E-state index in [1.165, 1.54) is 0 Å². The summed E-state index contributed by atoms with van der Waals surface area (Å²) in [5.74, 6) is 0.121. The van der Waals surface area contributed by atoms with Crippen molar-refractivity contribution in [2.45, 2.75) is 31.9 Å². The highest BCUT2D eigenvalue weighted by Gasteiger charge is 2.27. The molecule has 1 aliphatic rings. The van der Waals surface area contributed by atoms with E-state index in [4.69, 9.17) is 0 Å². The van der Waals surface area contributed by atoms with Crippen molar-refractivity contribution in [3.63, 3.8) is 0 Å². The van der Waals surface area contributed by atoms with Crippen LogP contribution in [0.2, 0.25) is 0 Å². The number of nitrogens with one attached hydrogen (secondary N) is 1. The van der Waals surface area contributed by atoms with Crippen LogP contribution in [0.25, 0.3) is 0 Å². The van der Waals surface area contributed by atoms with E-state index in [0.717, 1.165) is 0 Å². The third kappa shape index (κ3) is 1.89. The molecule has 2 heterocycles. The zero-order valence-corrected chi connectivity index (χ0v) is 10.1. The zero-order valence-electron chi connectivity index (χ0n) is 9.28. The molecular formula is C10H14N2O3S. The first-order valence-corrected chi connectivity index (χ1v) is 7.03. The number of nitrogens with zero attached hydrogens (tertiary/aromatic N) is 1. The van der Waals surface area contributed by atoms with Gasteiger partial charge >= 0.3 is 0 Å². The van der Waals surface area contributed by atoms with Gasteiger partial charge in [0.1, 0.15) is 0 Å². The Morgan fingerprint density at radius 1 is 1.31 bits per heavy atom. The molecular weight excluding hydrogens is 228 g/mol. The molecule has 16 heavy (non-hydrogen) atoms. The summed E-state index contributed by atoms with van der Waals surface area (Å²) in [7, 11) is -3.06. The van der Waals surface area contributed by atoms with E-state index in [0.29, 0.717) is 23.2 Å². The van der Waals surface area contributed by atoms with E-state index >= 15 is 0 Å². The lowest BCUT2D eigenvalue weighted by atomic mass is 10.00. The number of rotatable bonds is 1. The fourth-order valence-corrected chi connectivity index (χ4v) is 3.41. The number of H-pyrrole nitrogens is 1. The van der Waals surface area contributed by atoms with E-state index in [-0.39, 0.29) is 23.0 Å². The second-order valence-corrected chi connectivity index (χ2v) is 6.58. The van der Waals surface area contributed by atoms with E-state index < -0.39 is 9.84 Å². The lowest BCUT2D eigenvalue weighted by Crippen LogP contribution is -2.29. The van der Waals surface area contributed by atoms with E-state index in [1.807, 2.05) is 13.8 Å². The van der Waals surface area contributed by atoms with Crippen molar-refractivity contribution >= 4 is 9.84 Å². The van der Waals surface area contributed by atoms with Gasteiger partial charge in [0, 0.05) is 5.56 Å². The quantitative estimate of drug-likeness (QED) is 0.771. The van der Waals surface area contributed by atoms with Crippen LogP contribution >= 0.6 is 0 Å². The molecule has 0 spiro atoms. The van der Waals surface area contributed by atoms with Crippen LogP contribution in [0.15, 0.2) is 4.79 Å². The molecule has 6 heteroatoms. The molecule has 0 radical (unpaired) electrons. The van der Waals surface area contributed by atoms with Gasteiger partial charge < -0.3 is 0 Å². The lowest BCUT2D eigenvalue weighted by Gasteiger charge is -2.19. The van der Waals surface area contributed by atoms with Gasteiger partial charge in [-0.2, -0.15) is 5.10 Å². The topological polar surface area (TPSA) is 79.9 Å². The molecule has 0 bridgehead atoms. The fourth-order valence-electron chi connectivity index (χ4n) is 1.99. The molecule has 88 valence electrons. The third-order valence-electron chi connectivity index (χ3n) is 2.80. The van der Waals surface area contributed by atoms with Crippen LogP contribution < -0.4 is 5.56 Å². The van der Waals surface area contributed by atoms with Gasteiger partial charge in [0.15, 0.2) is 9.84 Å². The molecule has 0 fully saturated rings. The van der Waals surface area contributed by atoms with Gasteiger partial charge in [-0.1, -0.05) is 13.8 Å². The Morgan fingerprint density at radius 2 is 2.00 bits per heavy atom. The Labute approximate surface area is 93.8 Å². The van der Waals surface area contributed by atoms with Crippen LogP contribution in [0.5, 0.6) is 0 Å². The maximum atomic E-state index is 11.6. The Balaban J connectivity index is 2.67. The summed E-state index contributed by atoms with van der Waals surface area (Å²) in [6.45, 7) is 3.87. The summed E-state index contributed by atoms with van der Waals surface area (Å²) in [6, 6.07) is 0. The van der Waals surface area contributed by atoms with Crippen LogP contribution in [-0.2, 0) is 22.0 Å². The molecule has 0 unspecified atom stereocenters. The minimum absolute atomic E-state index is 0.0488. The zero-order chi connectivity index (χ0) is 11.9. The second-order valence-electron chi connectivity index (χ2n) is 4.39. The summed E-state index contributed by atoms with van der Waals surface area (Å²) in [5.41, 5.74) is 1.64. The maximum absolute atomic E-state index is 11.6. The fraction of sp³-hybridized carbons (Fsp3) is 0.600. The van der Waals surface area contributed by atoms with Crippen molar-refractivity contribution in [1.29, 1.82) is 0 Å². The Kier molecular flexibility index (Phi) is 2.61. The van der Waals surface area contributed by atoms with Gasteiger partial charge in [-0.05, 0) is 17.9 Å². The Bertz CT molecular complexity index is 572. The van der Waals surface area contributed by atoms with Crippen molar-refractivity contribution < 1.29 is 8.42 Å². The molecule has 5 nitrogen and oxygen atoms in total. The highest BCUT2D eigenvalue weighted by Crippen LogP contribution is 2.24. The highest BCUT2D eigenvalue weighted by atomic mass is 32.2. The van der Waals surface area contributed by atoms with E-state index in [9.17, 15) is 13.2 Å². The molecule has 0 atom stereocenters. The van der Waals surface area contributed by atoms with Crippen LogP contribution in [0.4, 0.5) is 0 Å². The predicted octanol–water partition coefficient (Wildman–Crippen LogP) is 0.364. The summed E-state index contributed by atoms with van der Waals surface area (Å²) in [6.07, 6.45) is 0.301. The Hall–Kier alpha value is -1.17. The van der Waals surface area contributed by atoms with Gasteiger partial charge in [0.2, 0.25) is 0 Å². The lowest BCUT2D eigenvalue weighted by molar-refractivity contribution is 0.589. The smallest absolute Gasteiger partial charge is 0.267 e. The largest absolute Gasteiger partial charge is 0.268 e. The van der Waals surface area contributed by atoms with E-state index in [2.05, 4.69) is 10.2 Å². The number of aromatic nitrogens is 2. The van der Waals surface area contributed by atoms with Gasteiger partial charge in [0.25, 0.3) is 5.56 Å². The first-order valence-electron chi connectivity index (χ1n) is 5.21. The molecule has 1 aliphatic heterocycles. The molecule has 1 aromatic rings. The van der Waals surface area contributed by atoms with E-state index in [1.54, 1.807) is 0 Å². The predicted molar refractivity (Wildman–Crippen MR) is 60.1 cm³/mol. The molecule has 0 aliphatic carbocycles. The number of aromatic amines is 1. The van der Waals surface area contributed by atoms with Crippen molar-refractivity contribution in [2.24, 2.45) is 0 Å². The molecule has 1 aromatic heterocycles. The average molecular weight is 242 g/mol. The van der Waals surface area contributed by atoms with Crippen molar-refractivity contribution in [3.05, 3.63) is 27.2 Å². The summed E-state index contributed by atoms with van der Waals surface area (Å²) in [4.78, 5) is 11.5. The van der Waals surface area contributed by atoms with Crippen LogP contribution in [-0.4, -0.2) is 24.4 Å². The van der Waals surface area contributed by atoms with Crippen molar-refractivity contribution in [3.8, 4) is 0 Å². The molecule has 0 saturated heterocycles. The van der Waals surface area contributed by atoms with Gasteiger partial charge in [-0.15, -0.1) is 0 Å². The molecule has 2 rings (SSSR count). The summed E-state index contributed by atoms with van der Waals surface area (Å²) in [5, 5.41) is 6.39. The number of sulfone groups is 1. The average Bonchev–Trinajstić information content (AvgIpc) is 2.15. The second kappa shape index (κ2) is 3.69. The van der Waals surface area contributed by atoms with Gasteiger partial charge in [-0.3, -0.25) is 4.79 Å². The Morgan fingerprint density at radius 3 is 2.62 bits per heavy atom. The number of fused-ring (bicyclic) bond motifs is 1. The third-order valence-corrected chi connectivity index (χ3v) is 4.35. The number of hydrogen-bond donors (Lipinski definition) is 1. The highest BCUT2D eigenvalue weighted by molar-refractivity contribution is 7.90. The summed E-state index contributed by atoms with van der Waals surface area (Å²) < 4.78 is 23.1. The minimum atomic E-state index is -3.06.